The van der Waals surface area contributed by atoms with Gasteiger partial charge in [0, 0.05) is 0 Å². The van der Waals surface area contributed by atoms with Gasteiger partial charge in [-0.05, 0) is 6.16 Å². The Morgan fingerprint density at radius 1 is 1.22 bits per heavy atom. The van der Waals surface area contributed by atoms with Gasteiger partial charge in [0.25, 0.3) is 0 Å². The van der Waals surface area contributed by atoms with E-state index in [4.69, 9.17) is 30.3 Å². The molecule has 0 rings (SSSR count). The topological polar surface area (TPSA) is 129 Å². The summed E-state index contributed by atoms with van der Waals surface area (Å²) < 4.78 is 0. The Balaban J connectivity index is -0.0000000720. The molecule has 0 N–H and O–H groups in total. The summed E-state index contributed by atoms with van der Waals surface area (Å²) in [4.78, 5) is 16.6. The van der Waals surface area contributed by atoms with Crippen molar-refractivity contribution in [2.24, 2.45) is 0 Å². The zero-order valence-corrected chi connectivity index (χ0v) is 5.18. The number of carboxylic acid groups (broad SMARTS) is 2. The first-order valence-corrected chi connectivity index (χ1v) is 1.16. The number of hydrogen-bond donors (Lipinski definition) is 0. The first-order valence-electron chi connectivity index (χ1n) is 1.16. The molecular formula is CAgNO6. The van der Waals surface area contributed by atoms with Crippen LogP contribution in [0, 0.1) is 15.3 Å². The van der Waals surface area contributed by atoms with Gasteiger partial charge < -0.3 is 30.3 Å². The molecule has 0 unspecified atom stereocenters. The Kier molecular flexibility index (Phi) is 17.9. The summed E-state index contributed by atoms with van der Waals surface area (Å²) >= 11 is 0. The fourth-order valence-electron chi connectivity index (χ4n) is 0. The molecule has 0 fully saturated rings. The van der Waals surface area contributed by atoms with Crippen LogP contribution in [-0.4, -0.2) is 11.2 Å². The van der Waals surface area contributed by atoms with Crippen molar-refractivity contribution in [1.29, 1.82) is 0 Å². The van der Waals surface area contributed by atoms with Gasteiger partial charge in [0.05, 0.1) is 5.09 Å². The van der Waals surface area contributed by atoms with Gasteiger partial charge in [0.2, 0.25) is 0 Å². The van der Waals surface area contributed by atoms with Crippen molar-refractivity contribution in [3.05, 3.63) is 15.3 Å². The van der Waals surface area contributed by atoms with E-state index in [1.807, 2.05) is 0 Å². The van der Waals surface area contributed by atoms with Crippen LogP contribution >= 0.6 is 0 Å². The van der Waals surface area contributed by atoms with Crippen LogP contribution in [0.3, 0.4) is 0 Å². The Morgan fingerprint density at radius 2 is 1.22 bits per heavy atom. The summed E-state index contributed by atoms with van der Waals surface area (Å²) in [6.45, 7) is 0. The molecule has 0 saturated carbocycles. The van der Waals surface area contributed by atoms with Gasteiger partial charge >= 0.3 is 22.4 Å². The minimum absolute atomic E-state index is 0. The van der Waals surface area contributed by atoms with Crippen LogP contribution in [0.2, 0.25) is 0 Å². The van der Waals surface area contributed by atoms with E-state index in [1.165, 1.54) is 0 Å². The van der Waals surface area contributed by atoms with Gasteiger partial charge in [0.1, 0.15) is 0 Å². The molecule has 9 heavy (non-hydrogen) atoms. The second-order valence-corrected chi connectivity index (χ2v) is 0.474. The van der Waals surface area contributed by atoms with Crippen molar-refractivity contribution in [3.8, 4) is 0 Å². The molecule has 0 radical (unpaired) electrons. The standard InChI is InChI=1S/CH2O3.Ag.NO3/c2-1(3)4;;2-1(3)4/h(H2,2,3,4);;/q;+3;-1/p-2. The molecule has 56 valence electrons. The molecule has 0 aliphatic rings. The molecule has 0 aliphatic carbocycles. The van der Waals surface area contributed by atoms with Gasteiger partial charge in [-0.15, -0.1) is 0 Å². The molecule has 0 aromatic rings. The average molecular weight is 230 g/mol. The van der Waals surface area contributed by atoms with Gasteiger partial charge in [-0.25, -0.2) is 0 Å². The predicted molar refractivity (Wildman–Crippen MR) is 15.8 cm³/mol. The van der Waals surface area contributed by atoms with Crippen molar-refractivity contribution in [3.63, 3.8) is 0 Å². The first-order chi connectivity index (χ1) is 3.46. The Hall–Kier alpha value is -0.790. The van der Waals surface area contributed by atoms with Crippen molar-refractivity contribution in [1.82, 2.24) is 0 Å². The van der Waals surface area contributed by atoms with E-state index in [0.717, 1.165) is 0 Å². The summed E-state index contributed by atoms with van der Waals surface area (Å²) in [6, 6.07) is 0. The molecule has 0 heterocycles. The first kappa shape index (κ1) is 15.7. The minimum atomic E-state index is -2.33. The van der Waals surface area contributed by atoms with Crippen LogP contribution in [0.15, 0.2) is 0 Å². The van der Waals surface area contributed by atoms with Gasteiger partial charge in [-0.2, -0.15) is 0 Å². The van der Waals surface area contributed by atoms with Gasteiger partial charge in [-0.3, -0.25) is 0 Å². The maximum atomic E-state index is 8.33. The number of nitrogens with zero attached hydrogens (tertiary/aromatic N) is 1. The van der Waals surface area contributed by atoms with Crippen LogP contribution in [-0.2, 0) is 22.4 Å². The third-order valence-corrected chi connectivity index (χ3v) is 0. The summed E-state index contributed by atoms with van der Waals surface area (Å²) in [5, 5.41) is 31.4. The van der Waals surface area contributed by atoms with Crippen LogP contribution in [0.1, 0.15) is 0 Å². The molecule has 0 aromatic carbocycles. The third kappa shape index (κ3) is 314. The number of hydrogen-bond acceptors (Lipinski definition) is 6. The second kappa shape index (κ2) is 10.2. The fourth-order valence-corrected chi connectivity index (χ4v) is 0. The monoisotopic (exact) mass is 229 g/mol. The van der Waals surface area contributed by atoms with E-state index < -0.39 is 11.2 Å². The minimum Gasteiger partial charge on any atom is -0.652 e. The van der Waals surface area contributed by atoms with E-state index in [-0.39, 0.29) is 22.4 Å². The van der Waals surface area contributed by atoms with Crippen molar-refractivity contribution in [2.45, 2.75) is 0 Å². The van der Waals surface area contributed by atoms with E-state index in [2.05, 4.69) is 0 Å². The summed E-state index contributed by atoms with van der Waals surface area (Å²) in [5.74, 6) is 0. The smallest absolute Gasteiger partial charge is 0.652 e. The molecule has 0 bridgehead atoms. The average Bonchev–Trinajstić information content (AvgIpc) is 1.25. The van der Waals surface area contributed by atoms with Crippen LogP contribution in [0.5, 0.6) is 0 Å². The Morgan fingerprint density at radius 3 is 1.22 bits per heavy atom. The number of rotatable bonds is 0. The maximum absolute atomic E-state index is 8.33. The SMILES string of the molecule is O=C([O-])[O-].O=[N+]([O-])[O-].[Ag+3]. The van der Waals surface area contributed by atoms with Gasteiger partial charge in [-0.1, -0.05) is 0 Å². The summed E-state index contributed by atoms with van der Waals surface area (Å²) in [6.07, 6.45) is -2.33. The summed E-state index contributed by atoms with van der Waals surface area (Å²) in [5.41, 5.74) is 0. The van der Waals surface area contributed by atoms with Crippen molar-refractivity contribution < 1.29 is 42.5 Å². The largest absolute Gasteiger partial charge is 3.00 e. The number of carbonyl (C=O) groups is 1. The Bertz CT molecular complexity index is 71.1. The quantitative estimate of drug-likeness (QED) is 0.253. The second-order valence-electron chi connectivity index (χ2n) is 0.474. The summed E-state index contributed by atoms with van der Waals surface area (Å²) in [7, 11) is 0. The molecule has 0 atom stereocenters. The van der Waals surface area contributed by atoms with Crippen LogP contribution in [0.4, 0.5) is 4.79 Å². The van der Waals surface area contributed by atoms with Crippen LogP contribution in [0.25, 0.3) is 0 Å². The van der Waals surface area contributed by atoms with E-state index in [0.29, 0.717) is 0 Å². The molecule has 0 saturated heterocycles. The van der Waals surface area contributed by atoms with Crippen molar-refractivity contribution >= 4 is 6.16 Å². The number of carbonyl (C=O) groups excluding carboxylic acids is 1. The van der Waals surface area contributed by atoms with E-state index >= 15 is 0 Å². The van der Waals surface area contributed by atoms with E-state index in [9.17, 15) is 0 Å². The zero-order chi connectivity index (χ0) is 7.15. The molecule has 7 nitrogen and oxygen atoms in total. The molecular weight excluding hydrogens is 230 g/mol. The normalized spacial score (nSPS) is 5.33. The molecule has 0 spiro atoms. The molecule has 0 aromatic heterocycles. The zero-order valence-electron chi connectivity index (χ0n) is 3.70. The predicted octanol–water partition coefficient (Wildman–Crippen LogP) is -2.69. The van der Waals surface area contributed by atoms with E-state index in [1.54, 1.807) is 0 Å². The third-order valence-electron chi connectivity index (χ3n) is 0. The molecule has 0 aliphatic heterocycles. The van der Waals surface area contributed by atoms with Gasteiger partial charge in [0.15, 0.2) is 0 Å². The Labute approximate surface area is 64.5 Å². The fraction of sp³-hybridized carbons (Fsp3) is 0. The van der Waals surface area contributed by atoms with Crippen LogP contribution < -0.4 is 10.2 Å². The molecule has 8 heteroatoms. The van der Waals surface area contributed by atoms with Crippen molar-refractivity contribution in [2.75, 3.05) is 0 Å². The maximum Gasteiger partial charge on any atom is 3.00 e. The molecule has 0 amide bonds.